The van der Waals surface area contributed by atoms with Gasteiger partial charge >= 0.3 is 0 Å². The van der Waals surface area contributed by atoms with Crippen LogP contribution in [-0.2, 0) is 6.54 Å². The molecule has 1 heterocycles. The Kier molecular flexibility index (Phi) is 5.05. The van der Waals surface area contributed by atoms with E-state index >= 15 is 0 Å². The predicted octanol–water partition coefficient (Wildman–Crippen LogP) is 6.74. The fourth-order valence-electron chi connectivity index (χ4n) is 4.71. The van der Waals surface area contributed by atoms with E-state index in [2.05, 4.69) is 39.7 Å². The highest BCUT2D eigenvalue weighted by atomic mass is 15.1. The smallest absolute Gasteiger partial charge is 0.220 e. The Bertz CT molecular complexity index is 1570. The van der Waals surface area contributed by atoms with Gasteiger partial charge in [-0.1, -0.05) is 59.7 Å². The fourth-order valence-corrected chi connectivity index (χ4v) is 4.71. The zero-order valence-electron chi connectivity index (χ0n) is 18.2. The van der Waals surface area contributed by atoms with E-state index in [1.165, 1.54) is 0 Å². The lowest BCUT2D eigenvalue weighted by Gasteiger charge is -2.16. The molecule has 6 heteroatoms. The highest BCUT2D eigenvalue weighted by Gasteiger charge is 2.26. The first kappa shape index (κ1) is 20.4. The summed E-state index contributed by atoms with van der Waals surface area (Å²) in [5.74, 6) is 0. The van der Waals surface area contributed by atoms with Gasteiger partial charge in [-0.2, -0.15) is 4.57 Å². The van der Waals surface area contributed by atoms with Crippen LogP contribution in [0.1, 0.15) is 6.92 Å². The highest BCUT2D eigenvalue weighted by Crippen LogP contribution is 2.45. The molecule has 1 aromatic heterocycles. The average molecular weight is 432 g/mol. The normalized spacial score (nSPS) is 10.9. The molecule has 5 aromatic rings. The van der Waals surface area contributed by atoms with Crippen LogP contribution in [0.15, 0.2) is 90.0 Å². The van der Waals surface area contributed by atoms with Gasteiger partial charge in [-0.3, -0.25) is 0 Å². The Hall–Kier alpha value is -4.54. The number of fused-ring (bicyclic) bond motifs is 3. The number of azide groups is 1. The molecular weight excluding hydrogens is 408 g/mol. The first-order valence-electron chi connectivity index (χ1n) is 10.8. The van der Waals surface area contributed by atoms with Crippen LogP contribution in [0.5, 0.6) is 0 Å². The third-order valence-corrected chi connectivity index (χ3v) is 6.01. The second-order valence-corrected chi connectivity index (χ2v) is 7.90. The Morgan fingerprint density at radius 2 is 1.55 bits per heavy atom. The molecule has 0 saturated carbocycles. The van der Waals surface area contributed by atoms with Gasteiger partial charge in [-0.05, 0) is 42.3 Å². The number of nitrogens with zero attached hydrogens (tertiary/aromatic N) is 4. The maximum Gasteiger partial charge on any atom is 0.220 e. The molecule has 5 rings (SSSR count). The monoisotopic (exact) mass is 431 g/mol. The summed E-state index contributed by atoms with van der Waals surface area (Å²) in [5.41, 5.74) is 28.7. The first-order chi connectivity index (χ1) is 16.1. The minimum absolute atomic E-state index is 0.538. The molecule has 0 aliphatic carbocycles. The van der Waals surface area contributed by atoms with E-state index < -0.39 is 0 Å². The van der Waals surface area contributed by atoms with Crippen molar-refractivity contribution in [3.8, 4) is 22.4 Å². The number of anilines is 2. The number of nitrogen functional groups attached to an aromatic ring is 2. The van der Waals surface area contributed by atoms with Crippen LogP contribution in [0.4, 0.5) is 17.1 Å². The Balaban J connectivity index is 2.04. The second-order valence-electron chi connectivity index (χ2n) is 7.90. The number of rotatable bonds is 4. The molecule has 0 unspecified atom stereocenters. The van der Waals surface area contributed by atoms with Gasteiger partial charge in [0.2, 0.25) is 11.2 Å². The third kappa shape index (κ3) is 3.30. The van der Waals surface area contributed by atoms with Gasteiger partial charge in [-0.15, -0.1) is 0 Å². The van der Waals surface area contributed by atoms with E-state index in [9.17, 15) is 5.53 Å². The Morgan fingerprint density at radius 1 is 0.848 bits per heavy atom. The number of aryl methyl sites for hydroxylation is 1. The zero-order chi connectivity index (χ0) is 22.9. The summed E-state index contributed by atoms with van der Waals surface area (Å²) in [6.07, 6.45) is 0. The van der Waals surface area contributed by atoms with Crippen LogP contribution < -0.4 is 16.0 Å². The van der Waals surface area contributed by atoms with Gasteiger partial charge < -0.3 is 11.5 Å². The van der Waals surface area contributed by atoms with Crippen molar-refractivity contribution in [3.05, 3.63) is 95.4 Å². The van der Waals surface area contributed by atoms with Crippen molar-refractivity contribution in [2.45, 2.75) is 13.5 Å². The third-order valence-electron chi connectivity index (χ3n) is 6.01. The van der Waals surface area contributed by atoms with Crippen molar-refractivity contribution in [1.29, 1.82) is 0 Å². The van der Waals surface area contributed by atoms with Crippen molar-refractivity contribution in [1.82, 2.24) is 0 Å². The van der Waals surface area contributed by atoms with E-state index in [1.807, 2.05) is 66.7 Å². The van der Waals surface area contributed by atoms with E-state index in [1.54, 1.807) is 0 Å². The first-order valence-corrected chi connectivity index (χ1v) is 10.8. The summed E-state index contributed by atoms with van der Waals surface area (Å²) >= 11 is 0. The summed E-state index contributed by atoms with van der Waals surface area (Å²) in [6.45, 7) is 2.80. The van der Waals surface area contributed by atoms with Crippen LogP contribution in [0.2, 0.25) is 0 Å². The minimum atomic E-state index is 0.538. The van der Waals surface area contributed by atoms with Crippen LogP contribution in [0.25, 0.3) is 54.5 Å². The van der Waals surface area contributed by atoms with Crippen LogP contribution in [0, 0.1) is 0 Å². The molecule has 6 nitrogen and oxygen atoms in total. The molecule has 4 N–H and O–H groups in total. The number of benzene rings is 4. The number of aromatic nitrogens is 1. The van der Waals surface area contributed by atoms with Crippen LogP contribution in [0.3, 0.4) is 0 Å². The lowest BCUT2D eigenvalue weighted by Crippen LogP contribution is -2.36. The molecule has 0 spiro atoms. The molecule has 4 aromatic carbocycles. The average Bonchev–Trinajstić information content (AvgIpc) is 2.83. The van der Waals surface area contributed by atoms with Gasteiger partial charge in [0, 0.05) is 38.9 Å². The summed E-state index contributed by atoms with van der Waals surface area (Å²) in [4.78, 5) is 3.18. The number of pyridine rings is 1. The molecule has 0 radical (unpaired) electrons. The van der Waals surface area contributed by atoms with Crippen LogP contribution in [-0.4, -0.2) is 0 Å². The Morgan fingerprint density at radius 3 is 2.24 bits per heavy atom. The molecule has 160 valence electrons. The molecule has 33 heavy (non-hydrogen) atoms. The van der Waals surface area contributed by atoms with Gasteiger partial charge in [0.05, 0.1) is 16.5 Å². The van der Waals surface area contributed by atoms with Gasteiger partial charge in [0.1, 0.15) is 6.54 Å². The lowest BCUT2D eigenvalue weighted by atomic mass is 9.93. The van der Waals surface area contributed by atoms with Crippen molar-refractivity contribution in [2.24, 2.45) is 5.11 Å². The highest BCUT2D eigenvalue weighted by molar-refractivity contribution is 6.17. The maximum atomic E-state index is 9.50. The quantitative estimate of drug-likeness (QED) is 0.0821. The van der Waals surface area contributed by atoms with Crippen molar-refractivity contribution in [2.75, 3.05) is 11.5 Å². The molecule has 0 aliphatic rings. The van der Waals surface area contributed by atoms with Gasteiger partial charge in [0.15, 0.2) is 0 Å². The fraction of sp³-hybridized carbons (Fsp3) is 0.0741. The van der Waals surface area contributed by atoms with Gasteiger partial charge in [0.25, 0.3) is 0 Å². The summed E-state index contributed by atoms with van der Waals surface area (Å²) in [7, 11) is 0. The second kappa shape index (κ2) is 8.19. The largest absolute Gasteiger partial charge is 0.399 e. The van der Waals surface area contributed by atoms with E-state index in [0.717, 1.165) is 44.1 Å². The maximum absolute atomic E-state index is 9.50. The van der Waals surface area contributed by atoms with Crippen molar-refractivity contribution < 1.29 is 4.57 Å². The molecule has 0 saturated heterocycles. The molecular formula is C27H23N6+. The topological polar surface area (TPSA) is 105 Å². The molecule has 0 fully saturated rings. The van der Waals surface area contributed by atoms with E-state index in [4.69, 9.17) is 11.5 Å². The molecule has 0 amide bonds. The molecule has 0 atom stereocenters. The number of hydrogen-bond donors (Lipinski definition) is 2. The summed E-state index contributed by atoms with van der Waals surface area (Å²) in [6, 6.07) is 27.9. The van der Waals surface area contributed by atoms with E-state index in [0.29, 0.717) is 23.6 Å². The van der Waals surface area contributed by atoms with Gasteiger partial charge in [-0.25, -0.2) is 0 Å². The van der Waals surface area contributed by atoms with Crippen LogP contribution >= 0.6 is 0 Å². The standard InChI is InChI=1S/C27H22N6/c1-2-33-23-16-22(29)24(17-9-4-3-5-10-17)26(31-32-30)25(23)20-13-6-7-14-21(20)27(33)18-11-8-12-19(28)15-18/h3-16,29H,2,28H2,1H3/p+1. The molecule has 0 aliphatic heterocycles. The van der Waals surface area contributed by atoms with Crippen molar-refractivity contribution in [3.63, 3.8) is 0 Å². The number of nitrogens with two attached hydrogens (primary N) is 2. The summed E-state index contributed by atoms with van der Waals surface area (Å²) in [5, 5.41) is 7.11. The predicted molar refractivity (Wildman–Crippen MR) is 136 cm³/mol. The lowest BCUT2D eigenvalue weighted by molar-refractivity contribution is -0.655. The Labute approximate surface area is 191 Å². The zero-order valence-corrected chi connectivity index (χ0v) is 18.2. The summed E-state index contributed by atoms with van der Waals surface area (Å²) < 4.78 is 2.22. The number of hydrogen-bond acceptors (Lipinski definition) is 3. The SMILES string of the molecule is CC[n+]1c(-c2cccc(N)c2)c2ccccc2c2c(N=[N+]=[N-])c(-c3ccccc3)c(N)cc21. The van der Waals surface area contributed by atoms with E-state index in [-0.39, 0.29) is 0 Å². The van der Waals surface area contributed by atoms with Crippen molar-refractivity contribution >= 4 is 38.7 Å². The molecule has 0 bridgehead atoms. The minimum Gasteiger partial charge on any atom is -0.399 e.